The van der Waals surface area contributed by atoms with E-state index in [1.54, 1.807) is 0 Å². The number of Topliss-reactive ketones (excluding diaryl/α,β-unsaturated/α-hetero) is 1. The normalized spacial score (nSPS) is 12.1. The van der Waals surface area contributed by atoms with Gasteiger partial charge < -0.3 is 5.73 Å². The summed E-state index contributed by atoms with van der Waals surface area (Å²) in [7, 11) is 0. The minimum absolute atomic E-state index is 0.0528. The SMILES string of the molecule is C#CCC(N)C(C)=O. The zero-order chi connectivity index (χ0) is 6.57. The Kier molecular flexibility index (Phi) is 2.90. The molecular formula is C6H9NO. The van der Waals surface area contributed by atoms with Crippen molar-refractivity contribution in [3.05, 3.63) is 0 Å². The Morgan fingerprint density at radius 3 is 2.62 bits per heavy atom. The third kappa shape index (κ3) is 2.38. The molecule has 2 heteroatoms. The highest BCUT2D eigenvalue weighted by Gasteiger charge is 2.03. The van der Waals surface area contributed by atoms with Gasteiger partial charge in [0.15, 0.2) is 0 Å². The first-order chi connectivity index (χ1) is 3.68. The second-order valence-electron chi connectivity index (χ2n) is 1.63. The molecule has 0 saturated heterocycles. The smallest absolute Gasteiger partial charge is 0.147 e. The molecule has 2 N–H and O–H groups in total. The molecule has 1 unspecified atom stereocenters. The molecule has 0 aromatic heterocycles. The van der Waals surface area contributed by atoms with E-state index in [2.05, 4.69) is 5.92 Å². The molecule has 2 nitrogen and oxygen atoms in total. The first kappa shape index (κ1) is 7.19. The standard InChI is InChI=1S/C6H9NO/c1-3-4-6(7)5(2)8/h1,6H,4,7H2,2H3. The molecule has 0 rings (SSSR count). The van der Waals surface area contributed by atoms with E-state index in [9.17, 15) is 4.79 Å². The van der Waals surface area contributed by atoms with Gasteiger partial charge in [0.2, 0.25) is 0 Å². The van der Waals surface area contributed by atoms with Crippen molar-refractivity contribution in [1.82, 2.24) is 0 Å². The van der Waals surface area contributed by atoms with Gasteiger partial charge in [0.05, 0.1) is 6.04 Å². The molecule has 0 heterocycles. The van der Waals surface area contributed by atoms with Crippen LogP contribution in [-0.2, 0) is 4.79 Å². The van der Waals surface area contributed by atoms with Gasteiger partial charge in [-0.05, 0) is 6.92 Å². The summed E-state index contributed by atoms with van der Waals surface area (Å²) in [5, 5.41) is 0. The Morgan fingerprint density at radius 2 is 2.50 bits per heavy atom. The fourth-order valence-corrected chi connectivity index (χ4v) is 0.271. The van der Waals surface area contributed by atoms with Crippen molar-refractivity contribution in [1.29, 1.82) is 0 Å². The second kappa shape index (κ2) is 3.23. The lowest BCUT2D eigenvalue weighted by atomic mass is 10.2. The zero-order valence-electron chi connectivity index (χ0n) is 4.85. The Bertz CT molecular complexity index is 123. The predicted molar refractivity (Wildman–Crippen MR) is 32.1 cm³/mol. The second-order valence-corrected chi connectivity index (χ2v) is 1.63. The summed E-state index contributed by atoms with van der Waals surface area (Å²) in [6.45, 7) is 1.43. The number of hydrogen-bond acceptors (Lipinski definition) is 2. The molecule has 0 radical (unpaired) electrons. The van der Waals surface area contributed by atoms with Gasteiger partial charge in [-0.3, -0.25) is 4.79 Å². The van der Waals surface area contributed by atoms with E-state index in [-0.39, 0.29) is 5.78 Å². The predicted octanol–water partition coefficient (Wildman–Crippen LogP) is -0.0740. The number of carbonyl (C=O) groups is 1. The van der Waals surface area contributed by atoms with Crippen LogP contribution in [0.15, 0.2) is 0 Å². The molecular weight excluding hydrogens is 102 g/mol. The molecule has 0 fully saturated rings. The number of carbonyl (C=O) groups excluding carboxylic acids is 1. The summed E-state index contributed by atoms with van der Waals surface area (Å²) >= 11 is 0. The highest BCUT2D eigenvalue weighted by molar-refractivity contribution is 5.81. The molecule has 44 valence electrons. The molecule has 1 atom stereocenters. The van der Waals surface area contributed by atoms with Gasteiger partial charge in [0, 0.05) is 6.42 Å². The molecule has 0 aliphatic carbocycles. The van der Waals surface area contributed by atoms with Crippen molar-refractivity contribution in [3.8, 4) is 12.3 Å². The van der Waals surface area contributed by atoms with Crippen molar-refractivity contribution >= 4 is 5.78 Å². The highest BCUT2D eigenvalue weighted by atomic mass is 16.1. The Balaban J connectivity index is 3.52. The lowest BCUT2D eigenvalue weighted by Gasteiger charge is -1.98. The molecule has 0 aliphatic heterocycles. The van der Waals surface area contributed by atoms with Crippen molar-refractivity contribution in [3.63, 3.8) is 0 Å². The summed E-state index contributed by atoms with van der Waals surface area (Å²) in [6, 6.07) is -0.458. The molecule has 0 bridgehead atoms. The molecule has 0 amide bonds. The first-order valence-corrected chi connectivity index (χ1v) is 2.38. The Hall–Kier alpha value is -0.810. The van der Waals surface area contributed by atoms with Crippen LogP contribution in [0.4, 0.5) is 0 Å². The largest absolute Gasteiger partial charge is 0.321 e. The van der Waals surface area contributed by atoms with Crippen LogP contribution >= 0.6 is 0 Å². The average molecular weight is 111 g/mol. The van der Waals surface area contributed by atoms with Gasteiger partial charge in [0.1, 0.15) is 5.78 Å². The minimum atomic E-state index is -0.458. The van der Waals surface area contributed by atoms with Crippen LogP contribution in [0.2, 0.25) is 0 Å². The van der Waals surface area contributed by atoms with E-state index >= 15 is 0 Å². The van der Waals surface area contributed by atoms with Crippen LogP contribution in [0.3, 0.4) is 0 Å². The fraction of sp³-hybridized carbons (Fsp3) is 0.500. The molecule has 0 spiro atoms. The van der Waals surface area contributed by atoms with Crippen molar-refractivity contribution < 1.29 is 4.79 Å². The van der Waals surface area contributed by atoms with Crippen LogP contribution in [0.5, 0.6) is 0 Å². The number of rotatable bonds is 2. The molecule has 8 heavy (non-hydrogen) atoms. The fourth-order valence-electron chi connectivity index (χ4n) is 0.271. The van der Waals surface area contributed by atoms with E-state index in [1.165, 1.54) is 6.92 Å². The van der Waals surface area contributed by atoms with Gasteiger partial charge in [-0.15, -0.1) is 12.3 Å². The maximum absolute atomic E-state index is 10.3. The Labute approximate surface area is 49.1 Å². The van der Waals surface area contributed by atoms with Crippen molar-refractivity contribution in [2.45, 2.75) is 19.4 Å². The van der Waals surface area contributed by atoms with Crippen LogP contribution < -0.4 is 5.73 Å². The summed E-state index contributed by atoms with van der Waals surface area (Å²) in [5.41, 5.74) is 5.23. The van der Waals surface area contributed by atoms with Crippen LogP contribution in [0.1, 0.15) is 13.3 Å². The minimum Gasteiger partial charge on any atom is -0.321 e. The number of nitrogens with two attached hydrogens (primary N) is 1. The van der Waals surface area contributed by atoms with Gasteiger partial charge in [-0.1, -0.05) is 0 Å². The number of ketones is 1. The summed E-state index contributed by atoms with van der Waals surface area (Å²) < 4.78 is 0. The third-order valence-corrected chi connectivity index (χ3v) is 0.860. The van der Waals surface area contributed by atoms with E-state index in [0.29, 0.717) is 6.42 Å². The quantitative estimate of drug-likeness (QED) is 0.507. The van der Waals surface area contributed by atoms with Crippen LogP contribution in [0.25, 0.3) is 0 Å². The lowest BCUT2D eigenvalue weighted by molar-refractivity contribution is -0.118. The van der Waals surface area contributed by atoms with Gasteiger partial charge in [-0.25, -0.2) is 0 Å². The van der Waals surface area contributed by atoms with Gasteiger partial charge in [-0.2, -0.15) is 0 Å². The van der Waals surface area contributed by atoms with E-state index in [1.807, 2.05) is 0 Å². The number of terminal acetylenes is 1. The van der Waals surface area contributed by atoms with E-state index in [0.717, 1.165) is 0 Å². The first-order valence-electron chi connectivity index (χ1n) is 2.38. The maximum Gasteiger partial charge on any atom is 0.147 e. The van der Waals surface area contributed by atoms with Gasteiger partial charge >= 0.3 is 0 Å². The van der Waals surface area contributed by atoms with Crippen molar-refractivity contribution in [2.24, 2.45) is 5.73 Å². The average Bonchev–Trinajstić information content (AvgIpc) is 1.67. The van der Waals surface area contributed by atoms with E-state index < -0.39 is 6.04 Å². The summed E-state index contributed by atoms with van der Waals surface area (Å²) in [4.78, 5) is 10.3. The molecule has 0 aromatic carbocycles. The van der Waals surface area contributed by atoms with Crippen LogP contribution in [-0.4, -0.2) is 11.8 Å². The van der Waals surface area contributed by atoms with E-state index in [4.69, 9.17) is 12.2 Å². The monoisotopic (exact) mass is 111 g/mol. The number of hydrogen-bond donors (Lipinski definition) is 1. The summed E-state index contributed by atoms with van der Waals surface area (Å²) in [5.74, 6) is 2.25. The Morgan fingerprint density at radius 1 is 2.00 bits per heavy atom. The highest BCUT2D eigenvalue weighted by Crippen LogP contribution is 1.84. The zero-order valence-corrected chi connectivity index (χ0v) is 4.85. The molecule has 0 saturated carbocycles. The van der Waals surface area contributed by atoms with Gasteiger partial charge in [0.25, 0.3) is 0 Å². The van der Waals surface area contributed by atoms with Crippen molar-refractivity contribution in [2.75, 3.05) is 0 Å². The summed E-state index contributed by atoms with van der Waals surface area (Å²) in [6.07, 6.45) is 5.23. The third-order valence-electron chi connectivity index (χ3n) is 0.860. The molecule has 0 aliphatic rings. The maximum atomic E-state index is 10.3. The lowest BCUT2D eigenvalue weighted by Crippen LogP contribution is -2.27. The topological polar surface area (TPSA) is 43.1 Å². The van der Waals surface area contributed by atoms with Crippen LogP contribution in [0, 0.1) is 12.3 Å². The molecule has 0 aromatic rings.